The van der Waals surface area contributed by atoms with Crippen molar-refractivity contribution in [3.8, 4) is 0 Å². The van der Waals surface area contributed by atoms with Crippen LogP contribution in [-0.4, -0.2) is 43.8 Å². The fraction of sp³-hybridized carbons (Fsp3) is 0.375. The number of anilines is 1. The van der Waals surface area contributed by atoms with Gasteiger partial charge in [-0.25, -0.2) is 8.42 Å². The molecule has 0 aromatic heterocycles. The van der Waals surface area contributed by atoms with Crippen molar-refractivity contribution in [3.63, 3.8) is 0 Å². The summed E-state index contributed by atoms with van der Waals surface area (Å²) in [5, 5.41) is 3.82. The second kappa shape index (κ2) is 13.9. The minimum Gasteiger partial charge on any atom is -0.352 e. The number of amides is 2. The topological polar surface area (TPSA) is 86.8 Å². The summed E-state index contributed by atoms with van der Waals surface area (Å²) in [5.41, 5.74) is 2.54. The van der Waals surface area contributed by atoms with Gasteiger partial charge in [-0.3, -0.25) is 13.9 Å². The number of sulfonamides is 1. The Balaban J connectivity index is 1.76. The van der Waals surface area contributed by atoms with E-state index < -0.39 is 28.5 Å². The van der Waals surface area contributed by atoms with Crippen molar-refractivity contribution < 1.29 is 18.0 Å². The highest BCUT2D eigenvalue weighted by Gasteiger charge is 2.35. The molecule has 10 heteroatoms. The van der Waals surface area contributed by atoms with Crippen LogP contribution in [0.25, 0.3) is 0 Å². The Morgan fingerprint density at radius 3 is 2.19 bits per heavy atom. The molecule has 3 aromatic carbocycles. The molecule has 1 fully saturated rings. The molecule has 42 heavy (non-hydrogen) atoms. The molecule has 1 atom stereocenters. The Morgan fingerprint density at radius 1 is 0.952 bits per heavy atom. The van der Waals surface area contributed by atoms with Crippen LogP contribution in [0.2, 0.25) is 10.0 Å². The average molecular weight is 631 g/mol. The maximum absolute atomic E-state index is 14.3. The number of nitrogens with one attached hydrogen (secondary N) is 1. The van der Waals surface area contributed by atoms with Crippen molar-refractivity contribution in [1.82, 2.24) is 10.2 Å². The molecule has 2 amide bonds. The molecule has 0 saturated heterocycles. The highest BCUT2D eigenvalue weighted by Crippen LogP contribution is 2.30. The lowest BCUT2D eigenvalue weighted by molar-refractivity contribution is -0.140. The number of hydrogen-bond donors (Lipinski definition) is 1. The molecule has 0 heterocycles. The molecule has 0 spiro atoms. The van der Waals surface area contributed by atoms with Crippen molar-refractivity contribution in [2.75, 3.05) is 10.8 Å². The van der Waals surface area contributed by atoms with Gasteiger partial charge in [-0.2, -0.15) is 0 Å². The summed E-state index contributed by atoms with van der Waals surface area (Å²) >= 11 is 13.0. The van der Waals surface area contributed by atoms with Crippen LogP contribution >= 0.6 is 23.2 Å². The maximum atomic E-state index is 14.3. The van der Waals surface area contributed by atoms with Crippen LogP contribution in [0, 0.1) is 13.8 Å². The molecular weight excluding hydrogens is 593 g/mol. The monoisotopic (exact) mass is 629 g/mol. The van der Waals surface area contributed by atoms with E-state index in [0.29, 0.717) is 33.3 Å². The van der Waals surface area contributed by atoms with E-state index in [-0.39, 0.29) is 23.4 Å². The Morgan fingerprint density at radius 2 is 1.60 bits per heavy atom. The normalized spacial score (nSPS) is 14.4. The maximum Gasteiger partial charge on any atom is 0.264 e. The van der Waals surface area contributed by atoms with Crippen LogP contribution in [0.5, 0.6) is 0 Å². The van der Waals surface area contributed by atoms with E-state index in [0.717, 1.165) is 35.6 Å². The molecule has 1 saturated carbocycles. The lowest BCUT2D eigenvalue weighted by Gasteiger charge is -2.34. The molecule has 0 bridgehead atoms. The van der Waals surface area contributed by atoms with Crippen LogP contribution < -0.4 is 9.62 Å². The number of carbonyl (C=O) groups is 2. The smallest absolute Gasteiger partial charge is 0.264 e. The van der Waals surface area contributed by atoms with Gasteiger partial charge in [0.1, 0.15) is 12.6 Å². The first kappa shape index (κ1) is 31.9. The Hall–Kier alpha value is -3.07. The summed E-state index contributed by atoms with van der Waals surface area (Å²) in [6, 6.07) is 17.7. The highest BCUT2D eigenvalue weighted by molar-refractivity contribution is 7.92. The molecule has 0 unspecified atom stereocenters. The zero-order chi connectivity index (χ0) is 30.4. The Labute approximate surface area is 258 Å². The summed E-state index contributed by atoms with van der Waals surface area (Å²) < 4.78 is 29.2. The second-order valence-corrected chi connectivity index (χ2v) is 13.4. The fourth-order valence-corrected chi connectivity index (χ4v) is 7.48. The number of aryl methyl sites for hydroxylation is 2. The van der Waals surface area contributed by atoms with Crippen LogP contribution in [0.4, 0.5) is 5.69 Å². The largest absolute Gasteiger partial charge is 0.352 e. The summed E-state index contributed by atoms with van der Waals surface area (Å²) in [6.45, 7) is 4.99. The summed E-state index contributed by atoms with van der Waals surface area (Å²) in [7, 11) is -4.15. The molecule has 224 valence electrons. The fourth-order valence-electron chi connectivity index (χ4n) is 5.46. The van der Waals surface area contributed by atoms with Crippen molar-refractivity contribution >= 4 is 50.7 Å². The minimum absolute atomic E-state index is 0.0533. The predicted octanol–water partition coefficient (Wildman–Crippen LogP) is 6.67. The number of hydrogen-bond acceptors (Lipinski definition) is 4. The lowest BCUT2D eigenvalue weighted by atomic mass is 10.1. The minimum atomic E-state index is -4.15. The quantitative estimate of drug-likeness (QED) is 0.256. The zero-order valence-electron chi connectivity index (χ0n) is 24.1. The third-order valence-electron chi connectivity index (χ3n) is 7.71. The van der Waals surface area contributed by atoms with Crippen molar-refractivity contribution in [1.29, 1.82) is 0 Å². The molecule has 7 nitrogen and oxygen atoms in total. The molecule has 0 aliphatic heterocycles. The van der Waals surface area contributed by atoms with Gasteiger partial charge in [0.2, 0.25) is 11.8 Å². The SMILES string of the molecule is CC[C@@H](C(=O)NC1CCCC1)N(Cc1c(Cl)cccc1Cl)C(=O)CN(c1ccc(C)cc1C)S(=O)(=O)c1ccccc1. The molecule has 4 rings (SSSR count). The Bertz CT molecular complexity index is 1510. The third kappa shape index (κ3) is 7.28. The van der Waals surface area contributed by atoms with Crippen LogP contribution in [0.3, 0.4) is 0 Å². The Kier molecular flexibility index (Phi) is 10.6. The highest BCUT2D eigenvalue weighted by atomic mass is 35.5. The third-order valence-corrected chi connectivity index (χ3v) is 10.2. The van der Waals surface area contributed by atoms with Gasteiger partial charge in [0.25, 0.3) is 10.0 Å². The van der Waals surface area contributed by atoms with Gasteiger partial charge in [0.05, 0.1) is 10.6 Å². The first-order chi connectivity index (χ1) is 20.0. The van der Waals surface area contributed by atoms with E-state index in [1.807, 2.05) is 32.9 Å². The van der Waals surface area contributed by atoms with Crippen LogP contribution in [0.1, 0.15) is 55.7 Å². The van der Waals surface area contributed by atoms with Crippen molar-refractivity contribution in [2.45, 2.75) is 76.4 Å². The number of rotatable bonds is 11. The summed E-state index contributed by atoms with van der Waals surface area (Å²) in [4.78, 5) is 29.4. The van der Waals surface area contributed by atoms with Crippen molar-refractivity contribution in [2.24, 2.45) is 0 Å². The van der Waals surface area contributed by atoms with Gasteiger partial charge in [0, 0.05) is 28.2 Å². The number of carbonyl (C=O) groups excluding carboxylic acids is 2. The summed E-state index contributed by atoms with van der Waals surface area (Å²) in [5.74, 6) is -0.816. The van der Waals surface area contributed by atoms with Gasteiger partial charge in [-0.15, -0.1) is 0 Å². The van der Waals surface area contributed by atoms with E-state index in [2.05, 4.69) is 5.32 Å². The molecule has 0 radical (unpaired) electrons. The van der Waals surface area contributed by atoms with E-state index in [1.54, 1.807) is 42.5 Å². The first-order valence-electron chi connectivity index (χ1n) is 14.2. The standard InChI is InChI=1S/C32H37Cl2N3O4S/c1-4-29(32(39)35-24-11-8-9-12-24)36(20-26-27(33)15-10-16-28(26)34)31(38)21-37(30-18-17-22(2)19-23(30)3)42(40,41)25-13-6-5-7-14-25/h5-7,10,13-19,24,29H,4,8-9,11-12,20-21H2,1-3H3,(H,35,39)/t29-/m0/s1. The summed E-state index contributed by atoms with van der Waals surface area (Å²) in [6.07, 6.45) is 4.19. The van der Waals surface area contributed by atoms with Gasteiger partial charge < -0.3 is 10.2 Å². The average Bonchev–Trinajstić information content (AvgIpc) is 3.47. The van der Waals surface area contributed by atoms with Gasteiger partial charge in [-0.1, -0.05) is 84.9 Å². The van der Waals surface area contributed by atoms with E-state index in [1.165, 1.54) is 17.0 Å². The first-order valence-corrected chi connectivity index (χ1v) is 16.4. The molecule has 1 aliphatic rings. The van der Waals surface area contributed by atoms with E-state index >= 15 is 0 Å². The van der Waals surface area contributed by atoms with Crippen LogP contribution in [0.15, 0.2) is 71.6 Å². The molecule has 3 aromatic rings. The number of benzene rings is 3. The molecule has 1 aliphatic carbocycles. The predicted molar refractivity (Wildman–Crippen MR) is 168 cm³/mol. The molecule has 1 N–H and O–H groups in total. The number of halogens is 2. The van der Waals surface area contributed by atoms with E-state index in [9.17, 15) is 18.0 Å². The lowest BCUT2D eigenvalue weighted by Crippen LogP contribution is -2.53. The number of nitrogens with zero attached hydrogens (tertiary/aromatic N) is 2. The zero-order valence-corrected chi connectivity index (χ0v) is 26.5. The van der Waals surface area contributed by atoms with Crippen molar-refractivity contribution in [3.05, 3.63) is 93.5 Å². The van der Waals surface area contributed by atoms with Gasteiger partial charge in [0.15, 0.2) is 0 Å². The second-order valence-electron chi connectivity index (χ2n) is 10.8. The van der Waals surface area contributed by atoms with Crippen LogP contribution in [-0.2, 0) is 26.2 Å². The van der Waals surface area contributed by atoms with Gasteiger partial charge >= 0.3 is 0 Å². The van der Waals surface area contributed by atoms with E-state index in [4.69, 9.17) is 23.2 Å². The van der Waals surface area contributed by atoms with Gasteiger partial charge in [-0.05, 0) is 69.0 Å². The molecular formula is C32H37Cl2N3O4S.